The Kier molecular flexibility index (Phi) is 2.59. The normalized spacial score (nSPS) is 11.2. The van der Waals surface area contributed by atoms with Crippen molar-refractivity contribution in [1.29, 1.82) is 0 Å². The molecule has 0 bridgehead atoms. The third kappa shape index (κ3) is 1.89. The van der Waals surface area contributed by atoms with E-state index in [-0.39, 0.29) is 5.82 Å². The summed E-state index contributed by atoms with van der Waals surface area (Å²) < 4.78 is 14.9. The third-order valence-corrected chi connectivity index (χ3v) is 3.20. The lowest BCUT2D eigenvalue weighted by Gasteiger charge is -2.03. The van der Waals surface area contributed by atoms with Crippen LogP contribution in [0.4, 0.5) is 4.39 Å². The van der Waals surface area contributed by atoms with Crippen molar-refractivity contribution in [3.8, 4) is 11.1 Å². The number of fused-ring (bicyclic) bond motifs is 1. The molecule has 3 aromatic rings. The lowest BCUT2D eigenvalue weighted by molar-refractivity contribution is 0.628. The number of benzene rings is 1. The van der Waals surface area contributed by atoms with Crippen LogP contribution >= 0.6 is 0 Å². The highest BCUT2D eigenvalue weighted by molar-refractivity contribution is 5.79. The number of nitrogens with zero attached hydrogens (tertiary/aromatic N) is 3. The van der Waals surface area contributed by atoms with Crippen LogP contribution in [0.15, 0.2) is 30.3 Å². The van der Waals surface area contributed by atoms with Crippen LogP contribution in [-0.2, 0) is 0 Å². The summed E-state index contributed by atoms with van der Waals surface area (Å²) in [5, 5.41) is 4.51. The summed E-state index contributed by atoms with van der Waals surface area (Å²) in [6.07, 6.45) is 0. The van der Waals surface area contributed by atoms with Crippen LogP contribution in [0.3, 0.4) is 0 Å². The second kappa shape index (κ2) is 4.16. The summed E-state index contributed by atoms with van der Waals surface area (Å²) >= 11 is 0. The van der Waals surface area contributed by atoms with Gasteiger partial charge < -0.3 is 0 Å². The molecule has 0 unspecified atom stereocenters. The Morgan fingerprint density at radius 1 is 1.05 bits per heavy atom. The summed E-state index contributed by atoms with van der Waals surface area (Å²) in [5.74, 6) is -0.238. The van der Waals surface area contributed by atoms with E-state index in [1.54, 1.807) is 12.1 Å². The molecule has 0 spiro atoms. The molecule has 96 valence electrons. The number of rotatable bonds is 1. The van der Waals surface area contributed by atoms with Crippen LogP contribution in [0.5, 0.6) is 0 Å². The molecule has 0 aliphatic rings. The first-order valence-electron chi connectivity index (χ1n) is 6.16. The van der Waals surface area contributed by atoms with E-state index in [1.807, 2.05) is 31.4 Å². The molecule has 1 aromatic carbocycles. The van der Waals surface area contributed by atoms with E-state index in [2.05, 4.69) is 10.1 Å². The van der Waals surface area contributed by atoms with Crippen molar-refractivity contribution in [2.45, 2.75) is 20.8 Å². The van der Waals surface area contributed by atoms with Crippen LogP contribution in [-0.4, -0.2) is 14.6 Å². The number of aryl methyl sites for hydroxylation is 3. The average molecular weight is 255 g/mol. The molecule has 0 aliphatic heterocycles. The maximum Gasteiger partial charge on any atom is 0.163 e. The van der Waals surface area contributed by atoms with E-state index in [1.165, 1.54) is 12.1 Å². The van der Waals surface area contributed by atoms with Gasteiger partial charge in [-0.2, -0.15) is 5.10 Å². The van der Waals surface area contributed by atoms with Crippen LogP contribution < -0.4 is 0 Å². The molecule has 0 radical (unpaired) electrons. The standard InChI is InChI=1S/C15H14FN3/c1-9-8-10(2)19-15(17-9)14(11(3)18-19)12-4-6-13(16)7-5-12/h4-8H,1-3H3. The minimum atomic E-state index is -0.238. The fourth-order valence-electron chi connectivity index (χ4n) is 2.38. The molecule has 2 heterocycles. The quantitative estimate of drug-likeness (QED) is 0.666. The van der Waals surface area contributed by atoms with Gasteiger partial charge >= 0.3 is 0 Å². The largest absolute Gasteiger partial charge is 0.233 e. The molecule has 0 aliphatic carbocycles. The Morgan fingerprint density at radius 3 is 2.42 bits per heavy atom. The van der Waals surface area contributed by atoms with Crippen molar-refractivity contribution in [1.82, 2.24) is 14.6 Å². The fraction of sp³-hybridized carbons (Fsp3) is 0.200. The highest BCUT2D eigenvalue weighted by Gasteiger charge is 2.14. The summed E-state index contributed by atoms with van der Waals surface area (Å²) in [6, 6.07) is 8.44. The Labute approximate surface area is 110 Å². The zero-order valence-electron chi connectivity index (χ0n) is 11.1. The van der Waals surface area contributed by atoms with Gasteiger partial charge in [0, 0.05) is 17.0 Å². The van der Waals surface area contributed by atoms with Gasteiger partial charge in [0.05, 0.1) is 5.69 Å². The first-order valence-corrected chi connectivity index (χ1v) is 6.16. The molecule has 0 atom stereocenters. The molecule has 0 saturated carbocycles. The monoisotopic (exact) mass is 255 g/mol. The van der Waals surface area contributed by atoms with E-state index in [4.69, 9.17) is 0 Å². The molecule has 0 saturated heterocycles. The van der Waals surface area contributed by atoms with Gasteiger partial charge in [0.2, 0.25) is 0 Å². The summed E-state index contributed by atoms with van der Waals surface area (Å²) in [4.78, 5) is 4.56. The third-order valence-electron chi connectivity index (χ3n) is 3.20. The minimum absolute atomic E-state index is 0.238. The number of aromatic nitrogens is 3. The van der Waals surface area contributed by atoms with Gasteiger partial charge in [0.15, 0.2) is 5.65 Å². The summed E-state index contributed by atoms with van der Waals surface area (Å²) in [5.41, 5.74) is 5.61. The average Bonchev–Trinajstić information content (AvgIpc) is 2.67. The lowest BCUT2D eigenvalue weighted by atomic mass is 10.1. The predicted molar refractivity (Wildman–Crippen MR) is 72.6 cm³/mol. The van der Waals surface area contributed by atoms with Crippen molar-refractivity contribution in [2.75, 3.05) is 0 Å². The molecule has 0 amide bonds. The van der Waals surface area contributed by atoms with E-state index in [0.29, 0.717) is 0 Å². The van der Waals surface area contributed by atoms with Crippen LogP contribution in [0.1, 0.15) is 17.1 Å². The van der Waals surface area contributed by atoms with Gasteiger partial charge in [-0.1, -0.05) is 12.1 Å². The zero-order valence-corrected chi connectivity index (χ0v) is 11.1. The van der Waals surface area contributed by atoms with E-state index in [0.717, 1.165) is 33.9 Å². The molecule has 2 aromatic heterocycles. The number of hydrogen-bond donors (Lipinski definition) is 0. The first kappa shape index (κ1) is 11.8. The number of halogens is 1. The second-order valence-corrected chi connectivity index (χ2v) is 4.74. The van der Waals surface area contributed by atoms with Gasteiger partial charge in [0.25, 0.3) is 0 Å². The maximum absolute atomic E-state index is 13.0. The number of hydrogen-bond acceptors (Lipinski definition) is 2. The van der Waals surface area contributed by atoms with Gasteiger partial charge in [-0.25, -0.2) is 13.9 Å². The molecule has 19 heavy (non-hydrogen) atoms. The lowest BCUT2D eigenvalue weighted by Crippen LogP contribution is -1.97. The minimum Gasteiger partial charge on any atom is -0.233 e. The Hall–Kier alpha value is -2.23. The van der Waals surface area contributed by atoms with Gasteiger partial charge in [-0.05, 0) is 44.5 Å². The highest BCUT2D eigenvalue weighted by atomic mass is 19.1. The van der Waals surface area contributed by atoms with Gasteiger partial charge in [-0.3, -0.25) is 0 Å². The van der Waals surface area contributed by atoms with E-state index < -0.39 is 0 Å². The van der Waals surface area contributed by atoms with Crippen LogP contribution in [0.2, 0.25) is 0 Å². The van der Waals surface area contributed by atoms with Crippen molar-refractivity contribution in [3.05, 3.63) is 53.2 Å². The Bertz CT molecular complexity index is 757. The topological polar surface area (TPSA) is 30.2 Å². The van der Waals surface area contributed by atoms with Crippen molar-refractivity contribution < 1.29 is 4.39 Å². The predicted octanol–water partition coefficient (Wildman–Crippen LogP) is 3.46. The van der Waals surface area contributed by atoms with Crippen molar-refractivity contribution in [2.24, 2.45) is 0 Å². The molecule has 0 fully saturated rings. The van der Waals surface area contributed by atoms with E-state index in [9.17, 15) is 4.39 Å². The van der Waals surface area contributed by atoms with Crippen molar-refractivity contribution >= 4 is 5.65 Å². The summed E-state index contributed by atoms with van der Waals surface area (Å²) in [6.45, 7) is 5.91. The van der Waals surface area contributed by atoms with Crippen molar-refractivity contribution in [3.63, 3.8) is 0 Å². The molecular weight excluding hydrogens is 241 g/mol. The Morgan fingerprint density at radius 2 is 1.74 bits per heavy atom. The maximum atomic E-state index is 13.0. The van der Waals surface area contributed by atoms with Gasteiger partial charge in [0.1, 0.15) is 5.82 Å². The molecule has 4 heteroatoms. The molecule has 0 N–H and O–H groups in total. The van der Waals surface area contributed by atoms with E-state index >= 15 is 0 Å². The SMILES string of the molecule is Cc1cc(C)n2nc(C)c(-c3ccc(F)cc3)c2n1. The molecule has 3 rings (SSSR count). The smallest absolute Gasteiger partial charge is 0.163 e. The van der Waals surface area contributed by atoms with Gasteiger partial charge in [-0.15, -0.1) is 0 Å². The molecular formula is C15H14FN3. The van der Waals surface area contributed by atoms with Crippen LogP contribution in [0.25, 0.3) is 16.8 Å². The second-order valence-electron chi connectivity index (χ2n) is 4.74. The van der Waals surface area contributed by atoms with Crippen LogP contribution in [0, 0.1) is 26.6 Å². The Balaban J connectivity index is 2.34. The highest BCUT2D eigenvalue weighted by Crippen LogP contribution is 2.28. The molecule has 3 nitrogen and oxygen atoms in total. The first-order chi connectivity index (χ1) is 9.06. The fourth-order valence-corrected chi connectivity index (χ4v) is 2.38. The zero-order chi connectivity index (χ0) is 13.6. The summed E-state index contributed by atoms with van der Waals surface area (Å²) in [7, 11) is 0.